The van der Waals surface area contributed by atoms with Crippen LogP contribution in [0.3, 0.4) is 0 Å². The van der Waals surface area contributed by atoms with Crippen LogP contribution >= 0.6 is 23.1 Å². The number of thioether (sulfide) groups is 1. The highest BCUT2D eigenvalue weighted by molar-refractivity contribution is 8.15. The third-order valence-corrected chi connectivity index (χ3v) is 6.79. The van der Waals surface area contributed by atoms with E-state index in [1.807, 2.05) is 36.2 Å². The van der Waals surface area contributed by atoms with Crippen molar-refractivity contribution in [3.05, 3.63) is 76.5 Å². The number of benzene rings is 2. The molecule has 0 saturated carbocycles. The largest absolute Gasteiger partial charge is 0.330 e. The van der Waals surface area contributed by atoms with E-state index in [4.69, 9.17) is 10.8 Å². The summed E-state index contributed by atoms with van der Waals surface area (Å²) in [7, 11) is 0. The Morgan fingerprint density at radius 3 is 2.61 bits per heavy atom. The quantitative estimate of drug-likeness (QED) is 0.645. The first-order valence-electron chi connectivity index (χ1n) is 9.02. The lowest BCUT2D eigenvalue weighted by atomic mass is 10.0. The summed E-state index contributed by atoms with van der Waals surface area (Å²) in [6, 6.07) is 16.7. The molecule has 0 saturated heterocycles. The van der Waals surface area contributed by atoms with Gasteiger partial charge in [-0.2, -0.15) is 5.10 Å². The van der Waals surface area contributed by atoms with Gasteiger partial charge in [0, 0.05) is 5.56 Å². The van der Waals surface area contributed by atoms with Crippen LogP contribution in [0.25, 0.3) is 0 Å². The van der Waals surface area contributed by atoms with Gasteiger partial charge in [-0.15, -0.1) is 10.2 Å². The maximum atomic E-state index is 13.8. The van der Waals surface area contributed by atoms with Crippen LogP contribution in [0.1, 0.15) is 29.0 Å². The number of hydrogen-bond donors (Lipinski definition) is 1. The summed E-state index contributed by atoms with van der Waals surface area (Å²) >= 11 is 3.11. The Kier molecular flexibility index (Phi) is 5.43. The van der Waals surface area contributed by atoms with Crippen molar-refractivity contribution in [3.63, 3.8) is 0 Å². The first kappa shape index (κ1) is 19.0. The summed E-state index contributed by atoms with van der Waals surface area (Å²) in [6.07, 6.45) is 1.60. The normalized spacial score (nSPS) is 19.1. The Labute approximate surface area is 171 Å². The van der Waals surface area contributed by atoms with Gasteiger partial charge in [-0.3, -0.25) is 0 Å². The molecule has 0 amide bonds. The van der Waals surface area contributed by atoms with E-state index >= 15 is 0 Å². The molecule has 8 heteroatoms. The van der Waals surface area contributed by atoms with Crippen LogP contribution in [0.4, 0.5) is 9.52 Å². The van der Waals surface area contributed by atoms with Gasteiger partial charge in [-0.05, 0) is 44.0 Å². The summed E-state index contributed by atoms with van der Waals surface area (Å²) in [5, 5.41) is 17.7. The fourth-order valence-electron chi connectivity index (χ4n) is 3.23. The molecule has 1 unspecified atom stereocenters. The molecule has 144 valence electrons. The molecule has 0 spiro atoms. The molecule has 3 aromatic rings. The van der Waals surface area contributed by atoms with Crippen LogP contribution in [0, 0.1) is 12.7 Å². The first-order valence-corrected chi connectivity index (χ1v) is 10.7. The topological polar surface area (TPSA) is 67.4 Å². The highest BCUT2D eigenvalue weighted by Gasteiger charge is 2.47. The number of halogens is 1. The van der Waals surface area contributed by atoms with Gasteiger partial charge in [-0.1, -0.05) is 65.6 Å². The van der Waals surface area contributed by atoms with Gasteiger partial charge in [-0.25, -0.2) is 9.40 Å². The molecule has 2 aromatic carbocycles. The minimum Gasteiger partial charge on any atom is -0.330 e. The van der Waals surface area contributed by atoms with Gasteiger partial charge < -0.3 is 5.73 Å². The van der Waals surface area contributed by atoms with Crippen LogP contribution in [0.2, 0.25) is 0 Å². The number of aromatic nitrogens is 2. The molecule has 0 radical (unpaired) electrons. The predicted octanol–water partition coefficient (Wildman–Crippen LogP) is 4.49. The fraction of sp³-hybridized carbons (Fsp3) is 0.250. The molecule has 0 fully saturated rings. The molecule has 0 aliphatic carbocycles. The molecule has 4 rings (SSSR count). The van der Waals surface area contributed by atoms with Gasteiger partial charge in [0.2, 0.25) is 5.13 Å². The number of hydrazone groups is 1. The Hall–Kier alpha value is -2.29. The predicted molar refractivity (Wildman–Crippen MR) is 114 cm³/mol. The summed E-state index contributed by atoms with van der Waals surface area (Å²) in [6.45, 7) is 2.50. The van der Waals surface area contributed by atoms with Crippen molar-refractivity contribution >= 4 is 33.3 Å². The maximum absolute atomic E-state index is 13.8. The Morgan fingerprint density at radius 2 is 1.93 bits per heavy atom. The van der Waals surface area contributed by atoms with Crippen molar-refractivity contribution in [3.8, 4) is 0 Å². The molecule has 1 aromatic heterocycles. The molecule has 1 aliphatic heterocycles. The number of nitrogens with zero attached hydrogens (tertiary/aromatic N) is 4. The third kappa shape index (κ3) is 3.55. The van der Waals surface area contributed by atoms with Crippen molar-refractivity contribution in [2.75, 3.05) is 11.6 Å². The first-order chi connectivity index (χ1) is 13.6. The number of aryl methyl sites for hydroxylation is 1. The SMILES string of the molecule is Cc1nnc(N2N=C(c3cccc(F)c3)SC2(CCCN)c2ccccc2)s1. The van der Waals surface area contributed by atoms with Crippen LogP contribution in [0.15, 0.2) is 59.7 Å². The number of anilines is 1. The summed E-state index contributed by atoms with van der Waals surface area (Å²) in [5.41, 5.74) is 7.72. The van der Waals surface area contributed by atoms with E-state index in [9.17, 15) is 4.39 Å². The van der Waals surface area contributed by atoms with E-state index in [1.165, 1.54) is 23.5 Å². The molecule has 2 heterocycles. The molecule has 1 atom stereocenters. The zero-order valence-electron chi connectivity index (χ0n) is 15.4. The van der Waals surface area contributed by atoms with Gasteiger partial charge in [0.15, 0.2) is 0 Å². The van der Waals surface area contributed by atoms with E-state index in [2.05, 4.69) is 22.3 Å². The highest BCUT2D eigenvalue weighted by atomic mass is 32.2. The monoisotopic (exact) mass is 413 g/mol. The Bertz CT molecular complexity index is 991. The molecular weight excluding hydrogens is 393 g/mol. The lowest BCUT2D eigenvalue weighted by Crippen LogP contribution is -2.38. The Balaban J connectivity index is 1.85. The molecule has 28 heavy (non-hydrogen) atoms. The number of hydrogen-bond acceptors (Lipinski definition) is 7. The van der Waals surface area contributed by atoms with E-state index in [1.54, 1.807) is 17.8 Å². The van der Waals surface area contributed by atoms with E-state index in [-0.39, 0.29) is 5.82 Å². The lowest BCUT2D eigenvalue weighted by Gasteiger charge is -2.35. The van der Waals surface area contributed by atoms with Crippen LogP contribution in [0.5, 0.6) is 0 Å². The Morgan fingerprint density at radius 1 is 1.11 bits per heavy atom. The molecular formula is C20H20FN5S2. The van der Waals surface area contributed by atoms with E-state index in [0.717, 1.165) is 39.2 Å². The smallest absolute Gasteiger partial charge is 0.230 e. The van der Waals surface area contributed by atoms with E-state index < -0.39 is 4.87 Å². The maximum Gasteiger partial charge on any atom is 0.230 e. The average Bonchev–Trinajstić information content (AvgIpc) is 3.31. The zero-order valence-corrected chi connectivity index (χ0v) is 17.0. The second-order valence-electron chi connectivity index (χ2n) is 6.48. The second kappa shape index (κ2) is 7.98. The standard InChI is InChI=1S/C20H20FN5S2/c1-14-23-24-19(27-14)26-20(11-6-12-22,16-8-3-2-4-9-16)28-18(25-26)15-7-5-10-17(21)13-15/h2-5,7-10,13H,6,11-12,22H2,1H3. The van der Waals surface area contributed by atoms with Crippen molar-refractivity contribution in [1.29, 1.82) is 0 Å². The summed E-state index contributed by atoms with van der Waals surface area (Å²) in [5.74, 6) is -0.279. The van der Waals surface area contributed by atoms with Crippen molar-refractivity contribution in [2.45, 2.75) is 24.6 Å². The van der Waals surface area contributed by atoms with E-state index in [0.29, 0.717) is 6.54 Å². The summed E-state index contributed by atoms with van der Waals surface area (Å²) in [4.78, 5) is -0.506. The third-order valence-electron chi connectivity index (χ3n) is 4.51. The van der Waals surface area contributed by atoms with Crippen LogP contribution in [-0.4, -0.2) is 21.8 Å². The summed E-state index contributed by atoms with van der Waals surface area (Å²) < 4.78 is 13.8. The minimum absolute atomic E-state index is 0.279. The second-order valence-corrected chi connectivity index (χ2v) is 8.90. The van der Waals surface area contributed by atoms with Gasteiger partial charge >= 0.3 is 0 Å². The van der Waals surface area contributed by atoms with Crippen molar-refractivity contribution in [2.24, 2.45) is 10.8 Å². The lowest BCUT2D eigenvalue weighted by molar-refractivity contribution is 0.525. The van der Waals surface area contributed by atoms with Gasteiger partial charge in [0.05, 0.1) is 0 Å². The van der Waals surface area contributed by atoms with Crippen molar-refractivity contribution < 1.29 is 4.39 Å². The highest BCUT2D eigenvalue weighted by Crippen LogP contribution is 2.52. The van der Waals surface area contributed by atoms with Gasteiger partial charge in [0.25, 0.3) is 0 Å². The molecule has 0 bridgehead atoms. The van der Waals surface area contributed by atoms with Crippen molar-refractivity contribution in [1.82, 2.24) is 10.2 Å². The zero-order chi connectivity index (χ0) is 19.6. The average molecular weight is 414 g/mol. The van der Waals surface area contributed by atoms with Crippen LogP contribution in [-0.2, 0) is 4.87 Å². The molecule has 2 N–H and O–H groups in total. The molecule has 5 nitrogen and oxygen atoms in total. The molecule has 1 aliphatic rings. The van der Waals surface area contributed by atoms with Crippen LogP contribution < -0.4 is 10.7 Å². The van der Waals surface area contributed by atoms with Gasteiger partial charge in [0.1, 0.15) is 20.7 Å². The fourth-order valence-corrected chi connectivity index (χ4v) is 5.39. The minimum atomic E-state index is -0.506. The number of nitrogens with two attached hydrogens (primary N) is 1. The number of rotatable bonds is 6.